The summed E-state index contributed by atoms with van der Waals surface area (Å²) in [4.78, 5) is 15.3. The molecule has 2 rings (SSSR count). The third kappa shape index (κ3) is 3.79. The SMILES string of the molecule is CCOC(=O)/C=C/c1ncc(B2OC(C)(C)C(C)(C)O2)cc1F. The van der Waals surface area contributed by atoms with Crippen molar-refractivity contribution in [2.24, 2.45) is 0 Å². The van der Waals surface area contributed by atoms with Crippen LogP contribution in [0.4, 0.5) is 4.39 Å². The molecule has 1 aromatic rings. The number of carbonyl (C=O) groups is 1. The molecule has 7 heteroatoms. The Morgan fingerprint density at radius 3 is 2.48 bits per heavy atom. The van der Waals surface area contributed by atoms with Crippen LogP contribution in [0.2, 0.25) is 0 Å². The number of aromatic nitrogens is 1. The number of ether oxygens (including phenoxy) is 1. The molecule has 2 heterocycles. The van der Waals surface area contributed by atoms with E-state index in [4.69, 9.17) is 14.0 Å². The van der Waals surface area contributed by atoms with Crippen molar-refractivity contribution >= 4 is 24.6 Å². The predicted octanol–water partition coefficient (Wildman–Crippen LogP) is 2.10. The number of hydrogen-bond donors (Lipinski definition) is 0. The molecule has 0 amide bonds. The first kappa shape index (κ1) is 17.6. The van der Waals surface area contributed by atoms with Gasteiger partial charge in [-0.25, -0.2) is 9.18 Å². The first-order chi connectivity index (χ1) is 10.7. The molecule has 0 saturated carbocycles. The van der Waals surface area contributed by atoms with Crippen LogP contribution in [0, 0.1) is 5.82 Å². The molecule has 0 radical (unpaired) electrons. The number of carbonyl (C=O) groups excluding carboxylic acids is 1. The van der Waals surface area contributed by atoms with Crippen molar-refractivity contribution in [2.45, 2.75) is 45.8 Å². The van der Waals surface area contributed by atoms with Gasteiger partial charge in [0.1, 0.15) is 5.82 Å². The smallest absolute Gasteiger partial charge is 0.463 e. The first-order valence-electron chi connectivity index (χ1n) is 7.52. The minimum Gasteiger partial charge on any atom is -0.463 e. The standard InChI is InChI=1S/C16H21BFNO4/c1-6-21-14(20)8-7-13-12(18)9-11(10-19-13)17-22-15(2,3)16(4,5)23-17/h7-10H,6H2,1-5H3/b8-7+. The summed E-state index contributed by atoms with van der Waals surface area (Å²) in [5.74, 6) is -1.10. The van der Waals surface area contributed by atoms with Gasteiger partial charge in [0.25, 0.3) is 0 Å². The average molecular weight is 321 g/mol. The molecule has 5 nitrogen and oxygen atoms in total. The Bertz CT molecular complexity index is 615. The maximum atomic E-state index is 14.1. The predicted molar refractivity (Wildman–Crippen MR) is 85.6 cm³/mol. The van der Waals surface area contributed by atoms with E-state index in [-0.39, 0.29) is 12.3 Å². The molecule has 0 spiro atoms. The van der Waals surface area contributed by atoms with Gasteiger partial charge in [0, 0.05) is 17.7 Å². The van der Waals surface area contributed by atoms with Gasteiger partial charge in [-0.2, -0.15) is 0 Å². The number of halogens is 1. The van der Waals surface area contributed by atoms with Crippen molar-refractivity contribution in [1.82, 2.24) is 4.98 Å². The van der Waals surface area contributed by atoms with Crippen LogP contribution in [0.3, 0.4) is 0 Å². The van der Waals surface area contributed by atoms with E-state index in [9.17, 15) is 9.18 Å². The number of hydrogen-bond acceptors (Lipinski definition) is 5. The van der Waals surface area contributed by atoms with Crippen LogP contribution in [0.25, 0.3) is 6.08 Å². The molecule has 1 aliphatic heterocycles. The molecule has 1 fully saturated rings. The Labute approximate surface area is 136 Å². The molecule has 0 N–H and O–H groups in total. The average Bonchev–Trinajstić information content (AvgIpc) is 2.66. The van der Waals surface area contributed by atoms with Gasteiger partial charge in [-0.3, -0.25) is 4.98 Å². The zero-order valence-corrected chi connectivity index (χ0v) is 14.1. The second kappa shape index (κ2) is 6.41. The number of esters is 1. The van der Waals surface area contributed by atoms with Crippen molar-refractivity contribution in [2.75, 3.05) is 6.61 Å². The van der Waals surface area contributed by atoms with E-state index in [1.54, 1.807) is 6.92 Å². The Morgan fingerprint density at radius 1 is 1.35 bits per heavy atom. The molecule has 0 aliphatic carbocycles. The molecular formula is C16H21BFNO4. The summed E-state index contributed by atoms with van der Waals surface area (Å²) in [5, 5.41) is 0. The molecule has 124 valence electrons. The number of rotatable bonds is 4. The van der Waals surface area contributed by atoms with E-state index in [2.05, 4.69) is 4.98 Å². The summed E-state index contributed by atoms with van der Waals surface area (Å²) >= 11 is 0. The van der Waals surface area contributed by atoms with Crippen LogP contribution in [-0.4, -0.2) is 35.9 Å². The van der Waals surface area contributed by atoms with Crippen molar-refractivity contribution < 1.29 is 23.2 Å². The van der Waals surface area contributed by atoms with E-state index in [1.165, 1.54) is 18.3 Å². The zero-order chi connectivity index (χ0) is 17.3. The van der Waals surface area contributed by atoms with Crippen LogP contribution < -0.4 is 5.46 Å². The van der Waals surface area contributed by atoms with E-state index < -0.39 is 30.1 Å². The molecule has 1 saturated heterocycles. The molecule has 0 bridgehead atoms. The van der Waals surface area contributed by atoms with Gasteiger partial charge in [-0.1, -0.05) is 0 Å². The second-order valence-corrected chi connectivity index (χ2v) is 6.31. The third-order valence-corrected chi connectivity index (χ3v) is 4.08. The van der Waals surface area contributed by atoms with Gasteiger partial charge in [0.15, 0.2) is 0 Å². The summed E-state index contributed by atoms with van der Waals surface area (Å²) in [6, 6.07) is 1.31. The summed E-state index contributed by atoms with van der Waals surface area (Å²) in [6.07, 6.45) is 3.90. The lowest BCUT2D eigenvalue weighted by atomic mass is 9.80. The van der Waals surface area contributed by atoms with Gasteiger partial charge >= 0.3 is 13.1 Å². The monoisotopic (exact) mass is 321 g/mol. The molecule has 23 heavy (non-hydrogen) atoms. The van der Waals surface area contributed by atoms with Gasteiger partial charge < -0.3 is 14.0 Å². The highest BCUT2D eigenvalue weighted by Gasteiger charge is 2.51. The van der Waals surface area contributed by atoms with E-state index in [1.807, 2.05) is 27.7 Å². The summed E-state index contributed by atoms with van der Waals surface area (Å²) < 4.78 is 30.6. The van der Waals surface area contributed by atoms with E-state index in [0.29, 0.717) is 5.46 Å². The van der Waals surface area contributed by atoms with E-state index >= 15 is 0 Å². The van der Waals surface area contributed by atoms with Crippen molar-refractivity contribution in [1.29, 1.82) is 0 Å². The van der Waals surface area contributed by atoms with Gasteiger partial charge in [-0.05, 0) is 46.8 Å². The molecule has 0 aromatic carbocycles. The van der Waals surface area contributed by atoms with Crippen molar-refractivity contribution in [3.8, 4) is 0 Å². The maximum Gasteiger partial charge on any atom is 0.496 e. The van der Waals surface area contributed by atoms with Crippen LogP contribution in [-0.2, 0) is 18.8 Å². The highest BCUT2D eigenvalue weighted by Crippen LogP contribution is 2.36. The summed E-state index contributed by atoms with van der Waals surface area (Å²) in [7, 11) is -0.676. The highest BCUT2D eigenvalue weighted by molar-refractivity contribution is 6.62. The topological polar surface area (TPSA) is 57.7 Å². The maximum absolute atomic E-state index is 14.1. The molecule has 1 aromatic heterocycles. The fourth-order valence-corrected chi connectivity index (χ4v) is 2.03. The van der Waals surface area contributed by atoms with Crippen molar-refractivity contribution in [3.63, 3.8) is 0 Å². The number of pyridine rings is 1. The lowest BCUT2D eigenvalue weighted by Crippen LogP contribution is -2.41. The Morgan fingerprint density at radius 2 is 1.96 bits per heavy atom. The molecular weight excluding hydrogens is 300 g/mol. The minimum atomic E-state index is -0.676. The lowest BCUT2D eigenvalue weighted by molar-refractivity contribution is -0.137. The van der Waals surface area contributed by atoms with Gasteiger partial charge in [0.05, 0.1) is 23.5 Å². The summed E-state index contributed by atoms with van der Waals surface area (Å²) in [6.45, 7) is 9.66. The third-order valence-electron chi connectivity index (χ3n) is 4.08. The Balaban J connectivity index is 2.16. The normalized spacial score (nSPS) is 19.3. The highest BCUT2D eigenvalue weighted by atomic mass is 19.1. The largest absolute Gasteiger partial charge is 0.496 e. The van der Waals surface area contributed by atoms with Crippen LogP contribution >= 0.6 is 0 Å². The molecule has 0 atom stereocenters. The number of nitrogens with zero attached hydrogens (tertiary/aromatic N) is 1. The fourth-order valence-electron chi connectivity index (χ4n) is 2.03. The van der Waals surface area contributed by atoms with Gasteiger partial charge in [-0.15, -0.1) is 0 Å². The lowest BCUT2D eigenvalue weighted by Gasteiger charge is -2.32. The zero-order valence-electron chi connectivity index (χ0n) is 14.1. The fraction of sp³-hybridized carbons (Fsp3) is 0.500. The second-order valence-electron chi connectivity index (χ2n) is 6.31. The Hall–Kier alpha value is -1.73. The minimum absolute atomic E-state index is 0.0540. The first-order valence-corrected chi connectivity index (χ1v) is 7.52. The molecule has 0 unspecified atom stereocenters. The van der Waals surface area contributed by atoms with Crippen molar-refractivity contribution in [3.05, 3.63) is 29.9 Å². The van der Waals surface area contributed by atoms with Crippen LogP contribution in [0.1, 0.15) is 40.3 Å². The summed E-state index contributed by atoms with van der Waals surface area (Å²) in [5.41, 5.74) is -0.458. The quantitative estimate of drug-likeness (QED) is 0.483. The van der Waals surface area contributed by atoms with Gasteiger partial charge in [0.2, 0.25) is 0 Å². The van der Waals surface area contributed by atoms with Crippen LogP contribution in [0.15, 0.2) is 18.3 Å². The Kier molecular flexibility index (Phi) is 4.91. The molecule has 1 aliphatic rings. The van der Waals surface area contributed by atoms with E-state index in [0.717, 1.165) is 6.08 Å². The van der Waals surface area contributed by atoms with Crippen LogP contribution in [0.5, 0.6) is 0 Å².